The number of aryl methyl sites for hydroxylation is 1. The van der Waals surface area contributed by atoms with Crippen LogP contribution in [0.15, 0.2) is 87.0 Å². The summed E-state index contributed by atoms with van der Waals surface area (Å²) in [4.78, 5) is 15.7. The molecule has 178 valence electrons. The van der Waals surface area contributed by atoms with Gasteiger partial charge in [0.2, 0.25) is 5.36 Å². The summed E-state index contributed by atoms with van der Waals surface area (Å²) in [7, 11) is 0. The van der Waals surface area contributed by atoms with Crippen LogP contribution in [0.2, 0.25) is 0 Å². The first-order chi connectivity index (χ1) is 16.9. The zero-order valence-electron chi connectivity index (χ0n) is 19.7. The van der Waals surface area contributed by atoms with Gasteiger partial charge in [-0.2, -0.15) is 0 Å². The van der Waals surface area contributed by atoms with Gasteiger partial charge in [-0.1, -0.05) is 53.7 Å². The number of rotatable bonds is 4. The van der Waals surface area contributed by atoms with Gasteiger partial charge in [0, 0.05) is 21.2 Å². The topological polar surface area (TPSA) is 95.2 Å². The lowest BCUT2D eigenvalue weighted by Gasteiger charge is -2.12. The summed E-state index contributed by atoms with van der Waals surface area (Å²) in [6.07, 6.45) is 0. The fraction of sp³-hybridized carbons (Fsp3) is 0.185. The second-order valence-corrected chi connectivity index (χ2v) is 9.06. The van der Waals surface area contributed by atoms with Crippen LogP contribution in [0.1, 0.15) is 19.4 Å². The molecule has 0 saturated heterocycles. The van der Waals surface area contributed by atoms with Crippen molar-refractivity contribution in [3.05, 3.63) is 99.0 Å². The Labute approximate surface area is 206 Å². The standard InChI is InChI=1S/C27H25N2OS.NO3/c1-4-29(5-2)19-13-14-23-24(16-19)30-25-17-26(31-20-10-8-9-18(3)15-20)21-11-6-7-12-22(21)27(25)28-23;2-1(3)4/h6-17H,4-5H2,1-3H3;/q+1;-1. The molecule has 3 aromatic carbocycles. The largest absolute Gasteiger partial charge is 0.452 e. The average molecular weight is 488 g/mol. The molecule has 7 nitrogen and oxygen atoms in total. The zero-order valence-corrected chi connectivity index (χ0v) is 20.5. The molecule has 2 aliphatic rings. The zero-order chi connectivity index (χ0) is 24.9. The number of hydrogen-bond donors (Lipinski definition) is 0. The highest BCUT2D eigenvalue weighted by Gasteiger charge is 2.16. The SMILES string of the molecule is CC[N+](CC)=c1ccc2nc3c(cc(Sc4cccc(C)c4)c4ccccc43)oc-2c1.O=[N+]([O-])[O-]. The molecule has 0 fully saturated rings. The Morgan fingerprint density at radius 3 is 2.31 bits per heavy atom. The van der Waals surface area contributed by atoms with Crippen molar-refractivity contribution in [2.24, 2.45) is 0 Å². The fourth-order valence-electron chi connectivity index (χ4n) is 4.09. The van der Waals surface area contributed by atoms with Crippen LogP contribution in [0.25, 0.3) is 33.3 Å². The van der Waals surface area contributed by atoms with E-state index >= 15 is 0 Å². The van der Waals surface area contributed by atoms with Crippen LogP contribution in [0.3, 0.4) is 0 Å². The Morgan fingerprint density at radius 2 is 1.63 bits per heavy atom. The molecule has 8 heteroatoms. The molecule has 0 aromatic heterocycles. The number of benzene rings is 4. The van der Waals surface area contributed by atoms with Crippen molar-refractivity contribution in [3.63, 3.8) is 0 Å². The Bertz CT molecular complexity index is 1550. The highest BCUT2D eigenvalue weighted by molar-refractivity contribution is 7.99. The van der Waals surface area contributed by atoms with Crippen LogP contribution in [0.4, 0.5) is 0 Å². The lowest BCUT2D eigenvalue weighted by molar-refractivity contribution is -0.402. The minimum absolute atomic E-state index is 0.818. The molecule has 0 saturated carbocycles. The van der Waals surface area contributed by atoms with E-state index in [1.807, 2.05) is 0 Å². The van der Waals surface area contributed by atoms with Crippen LogP contribution in [0.5, 0.6) is 0 Å². The molecule has 0 atom stereocenters. The van der Waals surface area contributed by atoms with Crippen LogP contribution >= 0.6 is 11.8 Å². The normalized spacial score (nSPS) is 10.8. The predicted molar refractivity (Wildman–Crippen MR) is 140 cm³/mol. The molecule has 5 rings (SSSR count). The number of fused-ring (bicyclic) bond motifs is 4. The van der Waals surface area contributed by atoms with Gasteiger partial charge in [-0.15, -0.1) is 0 Å². The van der Waals surface area contributed by atoms with Gasteiger partial charge in [0.25, 0.3) is 0 Å². The summed E-state index contributed by atoms with van der Waals surface area (Å²) in [5.74, 6) is 0.818. The number of nitrogens with zero attached hydrogens (tertiary/aromatic N) is 3. The van der Waals surface area contributed by atoms with Crippen molar-refractivity contribution < 1.29 is 9.50 Å². The molecule has 0 N–H and O–H groups in total. The van der Waals surface area contributed by atoms with Crippen LogP contribution in [0, 0.1) is 22.2 Å². The van der Waals surface area contributed by atoms with Gasteiger partial charge >= 0.3 is 0 Å². The molecule has 0 amide bonds. The molecule has 35 heavy (non-hydrogen) atoms. The highest BCUT2D eigenvalue weighted by Crippen LogP contribution is 2.38. The molecule has 1 heterocycles. The molecule has 3 aromatic rings. The Kier molecular flexibility index (Phi) is 7.31. The maximum absolute atomic E-state index is 8.25. The van der Waals surface area contributed by atoms with E-state index in [1.54, 1.807) is 11.8 Å². The van der Waals surface area contributed by atoms with Gasteiger partial charge in [0.1, 0.15) is 24.3 Å². The smallest absolute Gasteiger partial charge is 0.203 e. The van der Waals surface area contributed by atoms with Crippen molar-refractivity contribution >= 4 is 33.6 Å². The maximum Gasteiger partial charge on any atom is 0.203 e. The van der Waals surface area contributed by atoms with Crippen LogP contribution in [-0.4, -0.2) is 23.2 Å². The van der Waals surface area contributed by atoms with E-state index in [-0.39, 0.29) is 0 Å². The highest BCUT2D eigenvalue weighted by atomic mass is 32.2. The molecule has 0 unspecified atom stereocenters. The molecular formula is C27H25N3O4S. The Balaban J connectivity index is 0.000000672. The van der Waals surface area contributed by atoms with Crippen molar-refractivity contribution in [1.29, 1.82) is 0 Å². The summed E-state index contributed by atoms with van der Waals surface area (Å²) in [5, 5.41) is 18.2. The monoisotopic (exact) mass is 487 g/mol. The quantitative estimate of drug-likeness (QED) is 0.0996. The summed E-state index contributed by atoms with van der Waals surface area (Å²) in [6, 6.07) is 25.5. The van der Waals surface area contributed by atoms with E-state index in [2.05, 4.69) is 98.1 Å². The van der Waals surface area contributed by atoms with Crippen LogP contribution in [-0.2, 0) is 0 Å². The number of aromatic nitrogens is 1. The van der Waals surface area contributed by atoms with Gasteiger partial charge in [0.15, 0.2) is 11.3 Å². The molecule has 0 radical (unpaired) electrons. The fourth-order valence-corrected chi connectivity index (χ4v) is 5.19. The van der Waals surface area contributed by atoms with E-state index in [0.717, 1.165) is 46.4 Å². The molecule has 0 bridgehead atoms. The van der Waals surface area contributed by atoms with Crippen molar-refractivity contribution in [2.45, 2.75) is 30.6 Å². The lowest BCUT2D eigenvalue weighted by atomic mass is 10.1. The number of hydrogen-bond acceptors (Lipinski definition) is 6. The van der Waals surface area contributed by atoms with Gasteiger partial charge in [-0.25, -0.2) is 9.56 Å². The lowest BCUT2D eigenvalue weighted by Crippen LogP contribution is -2.29. The van der Waals surface area contributed by atoms with E-state index < -0.39 is 5.09 Å². The van der Waals surface area contributed by atoms with Gasteiger partial charge in [-0.05, 0) is 50.4 Å². The Hall–Kier alpha value is -3.91. The van der Waals surface area contributed by atoms with E-state index in [9.17, 15) is 0 Å². The van der Waals surface area contributed by atoms with Crippen molar-refractivity contribution in [3.8, 4) is 11.5 Å². The molecule has 1 aliphatic heterocycles. The van der Waals surface area contributed by atoms with Crippen LogP contribution < -0.4 is 9.93 Å². The average Bonchev–Trinajstić information content (AvgIpc) is 2.83. The van der Waals surface area contributed by atoms with E-state index in [1.165, 1.54) is 20.7 Å². The first kappa shape index (κ1) is 24.2. The molecule has 0 spiro atoms. The third kappa shape index (κ3) is 5.44. The minimum atomic E-state index is -1.75. The second kappa shape index (κ2) is 10.6. The first-order valence-electron chi connectivity index (χ1n) is 11.3. The summed E-state index contributed by atoms with van der Waals surface area (Å²) < 4.78 is 8.75. The van der Waals surface area contributed by atoms with Crippen molar-refractivity contribution in [1.82, 2.24) is 9.56 Å². The van der Waals surface area contributed by atoms with Gasteiger partial charge in [-0.3, -0.25) is 0 Å². The summed E-state index contributed by atoms with van der Waals surface area (Å²) in [5.41, 5.74) is 3.87. The van der Waals surface area contributed by atoms with Gasteiger partial charge in [0.05, 0.1) is 11.2 Å². The second-order valence-electron chi connectivity index (χ2n) is 7.95. The van der Waals surface area contributed by atoms with Gasteiger partial charge < -0.3 is 19.7 Å². The molecular weight excluding hydrogens is 462 g/mol. The Morgan fingerprint density at radius 1 is 0.914 bits per heavy atom. The third-order valence-electron chi connectivity index (χ3n) is 5.68. The predicted octanol–water partition coefficient (Wildman–Crippen LogP) is 6.12. The third-order valence-corrected chi connectivity index (χ3v) is 6.73. The van der Waals surface area contributed by atoms with E-state index in [0.29, 0.717) is 0 Å². The maximum atomic E-state index is 8.25. The first-order valence-corrected chi connectivity index (χ1v) is 12.1. The summed E-state index contributed by atoms with van der Waals surface area (Å²) in [6.45, 7) is 8.39. The minimum Gasteiger partial charge on any atom is -0.452 e. The molecule has 1 aliphatic carbocycles. The summed E-state index contributed by atoms with van der Waals surface area (Å²) >= 11 is 1.77. The van der Waals surface area contributed by atoms with Crippen molar-refractivity contribution in [2.75, 3.05) is 13.1 Å². The van der Waals surface area contributed by atoms with E-state index in [4.69, 9.17) is 24.7 Å².